The van der Waals surface area contributed by atoms with Gasteiger partial charge in [-0.1, -0.05) is 24.3 Å². The predicted octanol–water partition coefficient (Wildman–Crippen LogP) is 2.50. The molecule has 1 heterocycles. The zero-order valence-electron chi connectivity index (χ0n) is 10.6. The fourth-order valence-electron chi connectivity index (χ4n) is 1.80. The lowest BCUT2D eigenvalue weighted by atomic mass is 10.1. The van der Waals surface area contributed by atoms with Crippen LogP contribution in [0.15, 0.2) is 35.8 Å². The van der Waals surface area contributed by atoms with Crippen LogP contribution in [-0.4, -0.2) is 11.5 Å². The Balaban J connectivity index is 1.86. The number of aromatic nitrogens is 1. The second-order valence-corrected chi connectivity index (χ2v) is 5.25. The summed E-state index contributed by atoms with van der Waals surface area (Å²) in [4.78, 5) is 4.31. The molecule has 0 aliphatic carbocycles. The van der Waals surface area contributed by atoms with Crippen molar-refractivity contribution in [2.75, 3.05) is 6.54 Å². The Morgan fingerprint density at radius 1 is 1.28 bits per heavy atom. The molecule has 1 unspecified atom stereocenters. The van der Waals surface area contributed by atoms with E-state index in [4.69, 9.17) is 5.73 Å². The van der Waals surface area contributed by atoms with Gasteiger partial charge in [0, 0.05) is 18.1 Å². The van der Waals surface area contributed by atoms with Crippen LogP contribution in [0.3, 0.4) is 0 Å². The van der Waals surface area contributed by atoms with Crippen molar-refractivity contribution in [3.63, 3.8) is 0 Å². The molecular formula is C14H19N3S. The zero-order chi connectivity index (χ0) is 12.8. The van der Waals surface area contributed by atoms with Gasteiger partial charge in [-0.25, -0.2) is 4.98 Å². The van der Waals surface area contributed by atoms with Gasteiger partial charge in [-0.05, 0) is 31.0 Å². The van der Waals surface area contributed by atoms with Gasteiger partial charge in [-0.3, -0.25) is 0 Å². The van der Waals surface area contributed by atoms with E-state index in [-0.39, 0.29) is 0 Å². The lowest BCUT2D eigenvalue weighted by molar-refractivity contribution is 0.572. The summed E-state index contributed by atoms with van der Waals surface area (Å²) in [5, 5.41) is 6.62. The van der Waals surface area contributed by atoms with E-state index < -0.39 is 0 Å². The van der Waals surface area contributed by atoms with Gasteiger partial charge in [-0.15, -0.1) is 11.3 Å². The fourth-order valence-corrected chi connectivity index (χ4v) is 2.47. The molecule has 96 valence electrons. The number of rotatable bonds is 6. The highest BCUT2D eigenvalue weighted by Gasteiger charge is 2.06. The maximum Gasteiger partial charge on any atom is 0.109 e. The van der Waals surface area contributed by atoms with Crippen LogP contribution in [0.1, 0.15) is 29.1 Å². The van der Waals surface area contributed by atoms with Crippen molar-refractivity contribution in [2.24, 2.45) is 5.73 Å². The van der Waals surface area contributed by atoms with Gasteiger partial charge in [0.15, 0.2) is 0 Å². The fraction of sp³-hybridized carbons (Fsp3) is 0.357. The number of hydrogen-bond acceptors (Lipinski definition) is 4. The molecule has 0 bridgehead atoms. The van der Waals surface area contributed by atoms with E-state index in [9.17, 15) is 0 Å². The molecule has 2 aromatic rings. The van der Waals surface area contributed by atoms with Crippen molar-refractivity contribution in [1.82, 2.24) is 10.3 Å². The molecule has 0 spiro atoms. The van der Waals surface area contributed by atoms with Gasteiger partial charge < -0.3 is 11.1 Å². The first-order chi connectivity index (χ1) is 8.79. The average Bonchev–Trinajstić information content (AvgIpc) is 2.92. The molecule has 3 N–H and O–H groups in total. The first kappa shape index (κ1) is 13.2. The molecular weight excluding hydrogens is 242 g/mol. The van der Waals surface area contributed by atoms with E-state index in [0.717, 1.165) is 18.0 Å². The molecule has 3 nitrogen and oxygen atoms in total. The Kier molecular flexibility index (Phi) is 4.87. The Bertz CT molecular complexity index is 450. The molecule has 0 aliphatic heterocycles. The normalized spacial score (nSPS) is 12.6. The molecule has 1 aromatic carbocycles. The highest BCUT2D eigenvalue weighted by Crippen LogP contribution is 2.15. The number of nitrogens with zero attached hydrogens (tertiary/aromatic N) is 1. The maximum absolute atomic E-state index is 5.53. The van der Waals surface area contributed by atoms with Crippen LogP contribution in [-0.2, 0) is 13.0 Å². The van der Waals surface area contributed by atoms with Crippen LogP contribution in [0.2, 0.25) is 0 Å². The van der Waals surface area contributed by atoms with Crippen LogP contribution in [0.4, 0.5) is 0 Å². The molecule has 0 radical (unpaired) electrons. The highest BCUT2D eigenvalue weighted by molar-refractivity contribution is 7.09. The molecule has 1 aromatic heterocycles. The van der Waals surface area contributed by atoms with E-state index in [0.29, 0.717) is 12.6 Å². The minimum Gasteiger partial charge on any atom is -0.330 e. The van der Waals surface area contributed by atoms with Crippen LogP contribution >= 0.6 is 11.3 Å². The van der Waals surface area contributed by atoms with Gasteiger partial charge in [0.1, 0.15) is 5.01 Å². The average molecular weight is 261 g/mol. The van der Waals surface area contributed by atoms with E-state index >= 15 is 0 Å². The van der Waals surface area contributed by atoms with Gasteiger partial charge in [0.2, 0.25) is 0 Å². The van der Waals surface area contributed by atoms with Gasteiger partial charge in [0.25, 0.3) is 0 Å². The summed E-state index contributed by atoms with van der Waals surface area (Å²) in [6.07, 6.45) is 2.79. The molecule has 0 aliphatic rings. The van der Waals surface area contributed by atoms with Crippen LogP contribution in [0.25, 0.3) is 0 Å². The van der Waals surface area contributed by atoms with Crippen LogP contribution in [0, 0.1) is 0 Å². The molecule has 0 fully saturated rings. The van der Waals surface area contributed by atoms with Crippen LogP contribution < -0.4 is 11.1 Å². The minimum atomic E-state index is 0.300. The van der Waals surface area contributed by atoms with Crippen molar-refractivity contribution >= 4 is 11.3 Å². The lowest BCUT2D eigenvalue weighted by Crippen LogP contribution is -2.17. The molecule has 0 amide bonds. The maximum atomic E-state index is 5.53. The van der Waals surface area contributed by atoms with Crippen molar-refractivity contribution in [3.05, 3.63) is 52.0 Å². The quantitative estimate of drug-likeness (QED) is 0.840. The van der Waals surface area contributed by atoms with Crippen molar-refractivity contribution in [1.29, 1.82) is 0 Å². The first-order valence-corrected chi connectivity index (χ1v) is 7.08. The summed E-state index contributed by atoms with van der Waals surface area (Å²) in [6.45, 7) is 3.71. The zero-order valence-corrected chi connectivity index (χ0v) is 11.4. The van der Waals surface area contributed by atoms with Crippen LogP contribution in [0.5, 0.6) is 0 Å². The van der Waals surface area contributed by atoms with Crippen molar-refractivity contribution < 1.29 is 0 Å². The summed E-state index contributed by atoms with van der Waals surface area (Å²) in [5.74, 6) is 0. The van der Waals surface area contributed by atoms with E-state index in [2.05, 4.69) is 41.5 Å². The largest absolute Gasteiger partial charge is 0.330 e. The molecule has 4 heteroatoms. The molecule has 18 heavy (non-hydrogen) atoms. The number of thiazole rings is 1. The standard InChI is InChI=1S/C14H19N3S/c1-11(14-16-8-9-18-14)17-10-13-4-2-12(3-5-13)6-7-15/h2-5,8-9,11,17H,6-7,10,15H2,1H3. The molecule has 0 saturated heterocycles. The first-order valence-electron chi connectivity index (χ1n) is 6.20. The summed E-state index contributed by atoms with van der Waals surface area (Å²) >= 11 is 1.69. The third-order valence-corrected chi connectivity index (χ3v) is 3.85. The SMILES string of the molecule is CC(NCc1ccc(CCN)cc1)c1nccs1. The molecule has 1 atom stereocenters. The Labute approximate surface area is 112 Å². The Hall–Kier alpha value is -1.23. The van der Waals surface area contributed by atoms with E-state index in [1.165, 1.54) is 11.1 Å². The topological polar surface area (TPSA) is 50.9 Å². The second-order valence-electron chi connectivity index (χ2n) is 4.33. The molecule has 2 rings (SSSR count). The monoisotopic (exact) mass is 261 g/mol. The molecule has 0 saturated carbocycles. The number of benzene rings is 1. The summed E-state index contributed by atoms with van der Waals surface area (Å²) < 4.78 is 0. The highest BCUT2D eigenvalue weighted by atomic mass is 32.1. The Morgan fingerprint density at radius 3 is 2.61 bits per heavy atom. The van der Waals surface area contributed by atoms with E-state index in [1.807, 2.05) is 11.6 Å². The Morgan fingerprint density at radius 2 is 2.00 bits per heavy atom. The van der Waals surface area contributed by atoms with Gasteiger partial charge in [-0.2, -0.15) is 0 Å². The van der Waals surface area contributed by atoms with Crippen molar-refractivity contribution in [2.45, 2.75) is 25.9 Å². The van der Waals surface area contributed by atoms with Gasteiger partial charge >= 0.3 is 0 Å². The summed E-state index contributed by atoms with van der Waals surface area (Å²) in [6, 6.07) is 8.92. The lowest BCUT2D eigenvalue weighted by Gasteiger charge is -2.11. The summed E-state index contributed by atoms with van der Waals surface area (Å²) in [7, 11) is 0. The minimum absolute atomic E-state index is 0.300. The predicted molar refractivity (Wildman–Crippen MR) is 76.6 cm³/mol. The summed E-state index contributed by atoms with van der Waals surface area (Å²) in [5.41, 5.74) is 8.12. The number of hydrogen-bond donors (Lipinski definition) is 2. The number of nitrogens with one attached hydrogen (secondary N) is 1. The third kappa shape index (κ3) is 3.63. The van der Waals surface area contributed by atoms with Crippen molar-refractivity contribution in [3.8, 4) is 0 Å². The smallest absolute Gasteiger partial charge is 0.109 e. The third-order valence-electron chi connectivity index (χ3n) is 2.89. The van der Waals surface area contributed by atoms with E-state index in [1.54, 1.807) is 11.3 Å². The number of nitrogens with two attached hydrogens (primary N) is 1. The second kappa shape index (κ2) is 6.64. The van der Waals surface area contributed by atoms with Gasteiger partial charge in [0.05, 0.1) is 6.04 Å².